The van der Waals surface area contributed by atoms with E-state index >= 15 is 0 Å². The maximum Gasteiger partial charge on any atom is 0.133 e. The summed E-state index contributed by atoms with van der Waals surface area (Å²) in [6.07, 6.45) is 18.4. The average molecular weight is 335 g/mol. The van der Waals surface area contributed by atoms with Crippen LogP contribution in [-0.2, 0) is 0 Å². The molecule has 2 nitrogen and oxygen atoms in total. The first-order valence-corrected chi connectivity index (χ1v) is 11.1. The number of unbranched alkanes of at least 4 members (excludes halogenated alkanes) is 3. The van der Waals surface area contributed by atoms with Gasteiger partial charge in [0.1, 0.15) is 5.40 Å². The maximum absolute atomic E-state index is 9.01. The van der Waals surface area contributed by atoms with Gasteiger partial charge in [0.05, 0.1) is 0 Å². The van der Waals surface area contributed by atoms with Crippen LogP contribution < -0.4 is 0 Å². The lowest BCUT2D eigenvalue weighted by Crippen LogP contribution is -2.61. The molecule has 0 N–H and O–H groups in total. The van der Waals surface area contributed by atoms with Gasteiger partial charge in [-0.05, 0) is 62.6 Å². The molecule has 23 heavy (non-hydrogen) atoms. The smallest absolute Gasteiger partial charge is 0.133 e. The van der Waals surface area contributed by atoms with E-state index in [1.54, 1.807) is 0 Å². The summed E-state index contributed by atoms with van der Waals surface area (Å²) in [7, 11) is 0. The average Bonchev–Trinajstić information content (AvgIpc) is 2.95. The molecular weight excluding hydrogens is 300 g/mol. The molecule has 2 saturated heterocycles. The summed E-state index contributed by atoms with van der Waals surface area (Å²) >= 11 is 1.50. The Morgan fingerprint density at radius 1 is 1.04 bits per heavy atom. The lowest BCUT2D eigenvalue weighted by Gasteiger charge is -2.56. The highest BCUT2D eigenvalue weighted by molar-refractivity contribution is 8.03. The number of nitriles is 1. The van der Waals surface area contributed by atoms with Crippen LogP contribution in [0.4, 0.5) is 0 Å². The summed E-state index contributed by atoms with van der Waals surface area (Å²) in [4.78, 5) is 3.00. The molecule has 0 aromatic rings. The third kappa shape index (κ3) is 3.59. The second-order valence-corrected chi connectivity index (χ2v) is 8.93. The predicted octanol–water partition coefficient (Wildman–Crippen LogP) is 5.73. The fraction of sp³-hybridized carbons (Fsp3) is 0.950. The molecule has 0 aromatic heterocycles. The molecule has 3 fully saturated rings. The lowest BCUT2D eigenvalue weighted by atomic mass is 9.66. The van der Waals surface area contributed by atoms with Crippen molar-refractivity contribution in [3.63, 3.8) is 0 Å². The van der Waals surface area contributed by atoms with Crippen LogP contribution in [-0.4, -0.2) is 28.3 Å². The quantitative estimate of drug-likeness (QED) is 0.439. The van der Waals surface area contributed by atoms with E-state index in [4.69, 9.17) is 5.26 Å². The van der Waals surface area contributed by atoms with Gasteiger partial charge >= 0.3 is 0 Å². The van der Waals surface area contributed by atoms with Crippen LogP contribution in [0.1, 0.15) is 90.4 Å². The zero-order chi connectivity index (χ0) is 16.1. The van der Waals surface area contributed by atoms with Crippen LogP contribution in [0.2, 0.25) is 0 Å². The zero-order valence-electron chi connectivity index (χ0n) is 14.9. The van der Waals surface area contributed by atoms with Crippen LogP contribution in [0.25, 0.3) is 0 Å². The minimum absolute atomic E-state index is 0.534. The van der Waals surface area contributed by atoms with Crippen molar-refractivity contribution in [3.05, 3.63) is 0 Å². The Bertz CT molecular complexity index is 418. The number of thiocyanates is 1. The van der Waals surface area contributed by atoms with Gasteiger partial charge in [0.2, 0.25) is 0 Å². The summed E-state index contributed by atoms with van der Waals surface area (Å²) in [6.45, 7) is 2.30. The summed E-state index contributed by atoms with van der Waals surface area (Å²) in [6, 6.07) is 1.49. The zero-order valence-corrected chi connectivity index (χ0v) is 15.8. The third-order valence-corrected chi connectivity index (χ3v) is 7.64. The van der Waals surface area contributed by atoms with E-state index in [1.165, 1.54) is 95.2 Å². The van der Waals surface area contributed by atoms with E-state index in [0.717, 1.165) is 17.7 Å². The number of nitrogens with zero attached hydrogens (tertiary/aromatic N) is 2. The first-order valence-electron chi connectivity index (χ1n) is 10.1. The summed E-state index contributed by atoms with van der Waals surface area (Å²) in [5.74, 6) is 2.00. The fourth-order valence-electron chi connectivity index (χ4n) is 6.01. The minimum Gasteiger partial charge on any atom is -0.291 e. The van der Waals surface area contributed by atoms with Crippen molar-refractivity contribution in [3.8, 4) is 5.40 Å². The molecule has 1 spiro atoms. The molecule has 3 heteroatoms. The van der Waals surface area contributed by atoms with Crippen LogP contribution in [0.15, 0.2) is 0 Å². The van der Waals surface area contributed by atoms with Crippen LogP contribution >= 0.6 is 11.8 Å². The predicted molar refractivity (Wildman–Crippen MR) is 99.4 cm³/mol. The van der Waals surface area contributed by atoms with Crippen molar-refractivity contribution in [2.45, 2.75) is 108 Å². The molecule has 130 valence electrons. The van der Waals surface area contributed by atoms with Gasteiger partial charge in [0, 0.05) is 23.4 Å². The second-order valence-electron chi connectivity index (χ2n) is 8.13. The molecule has 1 saturated carbocycles. The van der Waals surface area contributed by atoms with Gasteiger partial charge in [0.25, 0.3) is 0 Å². The summed E-state index contributed by atoms with van der Waals surface area (Å²) in [5.41, 5.74) is 0.534. The van der Waals surface area contributed by atoms with Gasteiger partial charge in [-0.2, -0.15) is 5.26 Å². The highest BCUT2D eigenvalue weighted by Gasteiger charge is 2.55. The van der Waals surface area contributed by atoms with Gasteiger partial charge in [0.15, 0.2) is 0 Å². The topological polar surface area (TPSA) is 27.0 Å². The first-order chi connectivity index (χ1) is 11.3. The second kappa shape index (κ2) is 8.26. The van der Waals surface area contributed by atoms with E-state index in [0.29, 0.717) is 11.6 Å². The molecule has 3 rings (SSSR count). The van der Waals surface area contributed by atoms with E-state index < -0.39 is 0 Å². The van der Waals surface area contributed by atoms with Crippen molar-refractivity contribution in [2.75, 3.05) is 5.75 Å². The summed E-state index contributed by atoms with van der Waals surface area (Å²) < 4.78 is 0. The Hall–Kier alpha value is -0.200. The Morgan fingerprint density at radius 2 is 1.96 bits per heavy atom. The Labute approximate surface area is 147 Å². The van der Waals surface area contributed by atoms with Gasteiger partial charge in [-0.15, -0.1) is 0 Å². The Kier molecular flexibility index (Phi) is 6.32. The molecule has 2 heterocycles. The Morgan fingerprint density at radius 3 is 2.78 bits per heavy atom. The molecule has 3 aliphatic rings. The van der Waals surface area contributed by atoms with Crippen molar-refractivity contribution in [2.24, 2.45) is 5.92 Å². The lowest BCUT2D eigenvalue weighted by molar-refractivity contribution is -0.0579. The minimum atomic E-state index is 0.534. The van der Waals surface area contributed by atoms with Crippen LogP contribution in [0.5, 0.6) is 0 Å². The molecule has 0 bridgehead atoms. The van der Waals surface area contributed by atoms with E-state index in [-0.39, 0.29) is 0 Å². The number of hydrogen-bond donors (Lipinski definition) is 0. The molecule has 0 radical (unpaired) electrons. The number of hydrogen-bond acceptors (Lipinski definition) is 3. The Balaban J connectivity index is 1.71. The monoisotopic (exact) mass is 334 g/mol. The van der Waals surface area contributed by atoms with E-state index in [9.17, 15) is 0 Å². The van der Waals surface area contributed by atoms with Crippen molar-refractivity contribution in [1.82, 2.24) is 4.90 Å². The molecule has 2 aliphatic heterocycles. The molecule has 1 aliphatic carbocycles. The maximum atomic E-state index is 9.01. The van der Waals surface area contributed by atoms with Crippen LogP contribution in [0.3, 0.4) is 0 Å². The van der Waals surface area contributed by atoms with Gasteiger partial charge < -0.3 is 0 Å². The van der Waals surface area contributed by atoms with Crippen molar-refractivity contribution >= 4 is 11.8 Å². The molecule has 0 unspecified atom stereocenters. The highest BCUT2D eigenvalue weighted by atomic mass is 32.2. The van der Waals surface area contributed by atoms with Gasteiger partial charge in [-0.3, -0.25) is 4.90 Å². The standard InChI is InChI=1S/C20H34N2S/c1-2-3-4-5-9-18-11-10-17-8-6-7-13-20(17)14-12-19(22(18)20)15-23-16-21/h17-19H,2-15H2,1H3/t17-,18-,19-,20-/m0/s1. The molecule has 0 amide bonds. The normalized spacial score (nSPS) is 37.1. The molecule has 0 aromatic carbocycles. The van der Waals surface area contributed by atoms with Gasteiger partial charge in [-0.25, -0.2) is 0 Å². The van der Waals surface area contributed by atoms with Gasteiger partial charge in [-0.1, -0.05) is 45.4 Å². The molecule has 4 atom stereocenters. The number of rotatable bonds is 7. The van der Waals surface area contributed by atoms with E-state index in [2.05, 4.69) is 17.2 Å². The molecular formula is C20H34N2S. The fourth-order valence-corrected chi connectivity index (χ4v) is 6.60. The third-order valence-electron chi connectivity index (χ3n) is 6.96. The summed E-state index contributed by atoms with van der Waals surface area (Å²) in [5, 5.41) is 11.3. The largest absolute Gasteiger partial charge is 0.291 e. The van der Waals surface area contributed by atoms with Crippen molar-refractivity contribution < 1.29 is 0 Å². The number of piperidine rings is 1. The van der Waals surface area contributed by atoms with Crippen molar-refractivity contribution in [1.29, 1.82) is 5.26 Å². The highest BCUT2D eigenvalue weighted by Crippen LogP contribution is 2.54. The first kappa shape index (κ1) is 17.6. The number of thioether (sulfide) groups is 1. The van der Waals surface area contributed by atoms with E-state index in [1.807, 2.05) is 0 Å². The van der Waals surface area contributed by atoms with Crippen LogP contribution in [0, 0.1) is 16.6 Å². The SMILES string of the molecule is CCCCCC[C@H]1CC[C@@H]2CCCC[C@]23CC[C@@H](CSC#N)N13.